The smallest absolute Gasteiger partial charge is 0.191 e. The number of halogens is 1. The van der Waals surface area contributed by atoms with E-state index in [9.17, 15) is 0 Å². The van der Waals surface area contributed by atoms with Crippen LogP contribution < -0.4 is 10.6 Å². The normalized spacial score (nSPS) is 16.3. The molecule has 0 radical (unpaired) electrons. The van der Waals surface area contributed by atoms with Crippen molar-refractivity contribution in [1.82, 2.24) is 30.2 Å². The monoisotopic (exact) mass is 567 g/mol. The van der Waals surface area contributed by atoms with Crippen molar-refractivity contribution < 1.29 is 0 Å². The standard InChI is InChI=1S/C25H41N7.HI/c1-6-26-25(27-17-20(3)19-31-14-12-30(7-2)13-15-31)28-18-23-10-8-9-11-24(23)32-22(5)16-21(4)29-32;/h8-11,16,20H,6-7,12-15,17-19H2,1-5H3,(H2,26,27,28);1H. The van der Waals surface area contributed by atoms with Gasteiger partial charge in [0.15, 0.2) is 5.96 Å². The van der Waals surface area contributed by atoms with Gasteiger partial charge in [-0.15, -0.1) is 24.0 Å². The first-order valence-electron chi connectivity index (χ1n) is 12.1. The highest BCUT2D eigenvalue weighted by Gasteiger charge is 2.17. The van der Waals surface area contributed by atoms with Gasteiger partial charge in [0.2, 0.25) is 0 Å². The molecule has 3 rings (SSSR count). The fourth-order valence-electron chi connectivity index (χ4n) is 4.29. The number of guanidine groups is 1. The van der Waals surface area contributed by atoms with Crippen molar-refractivity contribution in [2.24, 2.45) is 10.9 Å². The fraction of sp³-hybridized carbons (Fsp3) is 0.600. The second kappa shape index (κ2) is 13.9. The third kappa shape index (κ3) is 8.26. The van der Waals surface area contributed by atoms with Crippen LogP contribution in [0.15, 0.2) is 35.3 Å². The van der Waals surface area contributed by atoms with Gasteiger partial charge in [0, 0.05) is 51.5 Å². The molecule has 33 heavy (non-hydrogen) atoms. The van der Waals surface area contributed by atoms with Gasteiger partial charge in [-0.3, -0.25) is 0 Å². The first-order chi connectivity index (χ1) is 15.5. The molecule has 184 valence electrons. The lowest BCUT2D eigenvalue weighted by atomic mass is 10.1. The number of piperazine rings is 1. The molecule has 1 aromatic heterocycles. The molecule has 2 N–H and O–H groups in total. The number of benzene rings is 1. The van der Waals surface area contributed by atoms with E-state index in [1.54, 1.807) is 0 Å². The first kappa shape index (κ1) is 27.6. The van der Waals surface area contributed by atoms with Gasteiger partial charge in [0.1, 0.15) is 0 Å². The van der Waals surface area contributed by atoms with Gasteiger partial charge in [-0.1, -0.05) is 32.0 Å². The summed E-state index contributed by atoms with van der Waals surface area (Å²) in [6.45, 7) is 20.2. The molecule has 0 bridgehead atoms. The number of nitrogens with one attached hydrogen (secondary N) is 2. The molecule has 1 aromatic carbocycles. The summed E-state index contributed by atoms with van der Waals surface area (Å²) in [5.74, 6) is 1.44. The van der Waals surface area contributed by atoms with Crippen molar-refractivity contribution in [3.63, 3.8) is 0 Å². The summed E-state index contributed by atoms with van der Waals surface area (Å²) >= 11 is 0. The van der Waals surface area contributed by atoms with E-state index in [1.807, 2.05) is 11.6 Å². The molecule has 0 amide bonds. The Labute approximate surface area is 217 Å². The van der Waals surface area contributed by atoms with Crippen LogP contribution in [0.3, 0.4) is 0 Å². The van der Waals surface area contributed by atoms with Gasteiger partial charge in [-0.05, 0) is 50.9 Å². The Bertz CT molecular complexity index is 871. The molecular formula is C25H42IN7. The Morgan fingerprint density at radius 3 is 2.39 bits per heavy atom. The lowest BCUT2D eigenvalue weighted by Gasteiger charge is -2.35. The molecule has 7 nitrogen and oxygen atoms in total. The predicted molar refractivity (Wildman–Crippen MR) is 149 cm³/mol. The number of nitrogens with zero attached hydrogens (tertiary/aromatic N) is 5. The molecule has 0 aliphatic carbocycles. The molecule has 0 spiro atoms. The number of likely N-dealkylation sites (N-methyl/N-ethyl adjacent to an activating group) is 1. The average Bonchev–Trinajstić information content (AvgIpc) is 3.14. The van der Waals surface area contributed by atoms with Gasteiger partial charge in [0.05, 0.1) is 17.9 Å². The van der Waals surface area contributed by atoms with E-state index in [4.69, 9.17) is 4.99 Å². The molecule has 1 fully saturated rings. The molecule has 1 atom stereocenters. The molecule has 2 heterocycles. The Kier molecular flexibility index (Phi) is 11.6. The molecule has 8 heteroatoms. The third-order valence-electron chi connectivity index (χ3n) is 6.08. The zero-order chi connectivity index (χ0) is 22.9. The van der Waals surface area contributed by atoms with Crippen LogP contribution in [0, 0.1) is 19.8 Å². The number of para-hydroxylation sites is 1. The molecule has 1 unspecified atom stereocenters. The van der Waals surface area contributed by atoms with Crippen LogP contribution in [0.1, 0.15) is 37.7 Å². The van der Waals surface area contributed by atoms with Crippen LogP contribution in [0.4, 0.5) is 0 Å². The van der Waals surface area contributed by atoms with E-state index < -0.39 is 0 Å². The van der Waals surface area contributed by atoms with Crippen LogP contribution in [-0.2, 0) is 6.54 Å². The largest absolute Gasteiger partial charge is 0.357 e. The number of aliphatic imine (C=N–C) groups is 1. The molecule has 1 aliphatic rings. The number of hydrogen-bond acceptors (Lipinski definition) is 4. The van der Waals surface area contributed by atoms with Gasteiger partial charge < -0.3 is 20.4 Å². The Balaban J connectivity index is 0.00000385. The number of aryl methyl sites for hydroxylation is 2. The SMILES string of the molecule is CCNC(=NCc1ccccc1-n1nc(C)cc1C)NCC(C)CN1CCN(CC)CC1.I. The van der Waals surface area contributed by atoms with E-state index in [-0.39, 0.29) is 24.0 Å². The lowest BCUT2D eigenvalue weighted by Crippen LogP contribution is -2.48. The van der Waals surface area contributed by atoms with Gasteiger partial charge in [-0.2, -0.15) is 5.10 Å². The van der Waals surface area contributed by atoms with Crippen molar-refractivity contribution in [1.29, 1.82) is 0 Å². The lowest BCUT2D eigenvalue weighted by molar-refractivity contribution is 0.124. The second-order valence-electron chi connectivity index (χ2n) is 8.88. The highest BCUT2D eigenvalue weighted by molar-refractivity contribution is 14.0. The summed E-state index contributed by atoms with van der Waals surface area (Å²) in [5, 5.41) is 11.6. The molecule has 1 saturated heterocycles. The third-order valence-corrected chi connectivity index (χ3v) is 6.08. The summed E-state index contributed by atoms with van der Waals surface area (Å²) in [4.78, 5) is 10.00. The quantitative estimate of drug-likeness (QED) is 0.276. The number of rotatable bonds is 9. The summed E-state index contributed by atoms with van der Waals surface area (Å²) < 4.78 is 2.01. The summed E-state index contributed by atoms with van der Waals surface area (Å²) in [6.07, 6.45) is 0. The van der Waals surface area contributed by atoms with E-state index in [0.717, 1.165) is 54.8 Å². The van der Waals surface area contributed by atoms with Crippen LogP contribution in [0.2, 0.25) is 0 Å². The van der Waals surface area contributed by atoms with Crippen molar-refractivity contribution in [2.75, 3.05) is 52.4 Å². The van der Waals surface area contributed by atoms with Gasteiger partial charge >= 0.3 is 0 Å². The Hall–Kier alpha value is -1.65. The molecular weight excluding hydrogens is 525 g/mol. The summed E-state index contributed by atoms with van der Waals surface area (Å²) in [5.41, 5.74) is 4.42. The van der Waals surface area contributed by atoms with Crippen LogP contribution in [-0.4, -0.2) is 77.9 Å². The van der Waals surface area contributed by atoms with Crippen LogP contribution in [0.5, 0.6) is 0 Å². The van der Waals surface area contributed by atoms with E-state index in [1.165, 1.54) is 26.2 Å². The Morgan fingerprint density at radius 1 is 1.06 bits per heavy atom. The predicted octanol–water partition coefficient (Wildman–Crippen LogP) is 3.44. The maximum atomic E-state index is 4.88. The maximum Gasteiger partial charge on any atom is 0.191 e. The van der Waals surface area contributed by atoms with Gasteiger partial charge in [0.25, 0.3) is 0 Å². The average molecular weight is 568 g/mol. The zero-order valence-corrected chi connectivity index (χ0v) is 23.3. The first-order valence-corrected chi connectivity index (χ1v) is 12.1. The number of aromatic nitrogens is 2. The van der Waals surface area contributed by atoms with Crippen molar-refractivity contribution in [3.8, 4) is 5.69 Å². The van der Waals surface area contributed by atoms with E-state index >= 15 is 0 Å². The number of hydrogen-bond donors (Lipinski definition) is 2. The molecule has 1 aliphatic heterocycles. The summed E-state index contributed by atoms with van der Waals surface area (Å²) in [6, 6.07) is 10.5. The summed E-state index contributed by atoms with van der Waals surface area (Å²) in [7, 11) is 0. The van der Waals surface area contributed by atoms with Crippen LogP contribution >= 0.6 is 24.0 Å². The van der Waals surface area contributed by atoms with Crippen molar-refractivity contribution >= 4 is 29.9 Å². The van der Waals surface area contributed by atoms with E-state index in [2.05, 4.69) is 83.6 Å². The van der Waals surface area contributed by atoms with Crippen LogP contribution in [0.25, 0.3) is 5.69 Å². The van der Waals surface area contributed by atoms with E-state index in [0.29, 0.717) is 12.5 Å². The minimum absolute atomic E-state index is 0. The van der Waals surface area contributed by atoms with Crippen molar-refractivity contribution in [2.45, 2.75) is 41.2 Å². The minimum Gasteiger partial charge on any atom is -0.357 e. The zero-order valence-electron chi connectivity index (χ0n) is 21.0. The van der Waals surface area contributed by atoms with Crippen molar-refractivity contribution in [3.05, 3.63) is 47.3 Å². The second-order valence-corrected chi connectivity index (χ2v) is 8.88. The minimum atomic E-state index is 0. The Morgan fingerprint density at radius 2 is 1.76 bits per heavy atom. The fourth-order valence-corrected chi connectivity index (χ4v) is 4.29. The maximum absolute atomic E-state index is 4.88. The molecule has 2 aromatic rings. The highest BCUT2D eigenvalue weighted by Crippen LogP contribution is 2.17. The van der Waals surface area contributed by atoms with Gasteiger partial charge in [-0.25, -0.2) is 9.67 Å². The highest BCUT2D eigenvalue weighted by atomic mass is 127. The topological polar surface area (TPSA) is 60.7 Å². The molecule has 0 saturated carbocycles.